The van der Waals surface area contributed by atoms with E-state index in [1.54, 1.807) is 0 Å². The quantitative estimate of drug-likeness (QED) is 0.614. The number of rotatable bonds is 4. The van der Waals surface area contributed by atoms with Crippen LogP contribution in [0.5, 0.6) is 0 Å². The van der Waals surface area contributed by atoms with Crippen molar-refractivity contribution in [3.8, 4) is 0 Å². The summed E-state index contributed by atoms with van der Waals surface area (Å²) in [7, 11) is 0. The maximum Gasteiger partial charge on any atom is 0.281 e. The predicted octanol–water partition coefficient (Wildman–Crippen LogP) is 2.95. The molecule has 2 aliphatic carbocycles. The largest absolute Gasteiger partial charge is 0.319 e. The van der Waals surface area contributed by atoms with Crippen molar-refractivity contribution in [1.82, 2.24) is 20.6 Å². The van der Waals surface area contributed by atoms with Gasteiger partial charge in [0.1, 0.15) is 11.4 Å². The summed E-state index contributed by atoms with van der Waals surface area (Å²) >= 11 is 0. The normalized spacial score (nSPS) is 33.3. The number of hydrogen-bond acceptors (Lipinski definition) is 5. The Bertz CT molecular complexity index is 905. The highest BCUT2D eigenvalue weighted by atomic mass is 19.3. The third-order valence-electron chi connectivity index (χ3n) is 5.69. The molecule has 2 fully saturated rings. The Labute approximate surface area is 173 Å². The van der Waals surface area contributed by atoms with Crippen LogP contribution in [0.3, 0.4) is 0 Å². The summed E-state index contributed by atoms with van der Waals surface area (Å²) in [6.45, 7) is 0. The Kier molecular flexibility index (Phi) is 5.34. The van der Waals surface area contributed by atoms with Crippen molar-refractivity contribution in [2.45, 2.75) is 68.6 Å². The van der Waals surface area contributed by atoms with Gasteiger partial charge in [-0.25, -0.2) is 41.3 Å². The zero-order valence-corrected chi connectivity index (χ0v) is 16.3. The van der Waals surface area contributed by atoms with Crippen molar-refractivity contribution in [3.05, 3.63) is 23.8 Å². The fourth-order valence-corrected chi connectivity index (χ4v) is 4.10. The van der Waals surface area contributed by atoms with Gasteiger partial charge >= 0.3 is 0 Å². The molecular weight excluding hydrogens is 428 g/mol. The van der Waals surface area contributed by atoms with Gasteiger partial charge in [-0.2, -0.15) is 0 Å². The average Bonchev–Trinajstić information content (AvgIpc) is 3.22. The van der Waals surface area contributed by atoms with Crippen LogP contribution in [0, 0.1) is 5.92 Å². The van der Waals surface area contributed by atoms with E-state index in [1.807, 2.05) is 0 Å². The molecule has 0 amide bonds. The summed E-state index contributed by atoms with van der Waals surface area (Å²) in [6, 6.07) is -0.725. The Morgan fingerprint density at radius 3 is 2.39 bits per heavy atom. The number of amidine groups is 1. The van der Waals surface area contributed by atoms with Gasteiger partial charge in [0.2, 0.25) is 11.8 Å². The van der Waals surface area contributed by atoms with Gasteiger partial charge < -0.3 is 10.6 Å². The highest BCUT2D eigenvalue weighted by molar-refractivity contribution is 6.09. The first-order valence-electron chi connectivity index (χ1n) is 9.83. The molecule has 170 valence electrons. The van der Waals surface area contributed by atoms with Gasteiger partial charge in [0.15, 0.2) is 17.6 Å². The second kappa shape index (κ2) is 7.61. The van der Waals surface area contributed by atoms with Crippen molar-refractivity contribution < 1.29 is 26.3 Å². The van der Waals surface area contributed by atoms with E-state index in [-0.39, 0.29) is 43.2 Å². The van der Waals surface area contributed by atoms with Crippen LogP contribution >= 0.6 is 0 Å². The summed E-state index contributed by atoms with van der Waals surface area (Å²) in [4.78, 5) is 16.0. The molecule has 4 N–H and O–H groups in total. The van der Waals surface area contributed by atoms with Crippen molar-refractivity contribution >= 4 is 11.8 Å². The Morgan fingerprint density at radius 1 is 1.06 bits per heavy atom. The van der Waals surface area contributed by atoms with E-state index in [0.29, 0.717) is 0 Å². The second-order valence-electron chi connectivity index (χ2n) is 8.19. The van der Waals surface area contributed by atoms with E-state index in [0.717, 1.165) is 12.4 Å². The highest BCUT2D eigenvalue weighted by Gasteiger charge is 2.50. The third-order valence-corrected chi connectivity index (χ3v) is 5.69. The SMILES string of the molecule is NC1(C2CCC(F)(F)C2)N=C(c2cncc(C(F)F)n2)NC(=NC2CCC(F)(F)C2)N1. The molecule has 2 saturated carbocycles. The van der Waals surface area contributed by atoms with E-state index >= 15 is 0 Å². The fraction of sp³-hybridized carbons (Fsp3) is 0.667. The van der Waals surface area contributed by atoms with Crippen LogP contribution in [0.25, 0.3) is 0 Å². The van der Waals surface area contributed by atoms with Crippen LogP contribution in [0.2, 0.25) is 0 Å². The van der Waals surface area contributed by atoms with Gasteiger partial charge in [0, 0.05) is 31.6 Å². The molecule has 0 saturated heterocycles. The van der Waals surface area contributed by atoms with Crippen LogP contribution in [0.4, 0.5) is 26.3 Å². The smallest absolute Gasteiger partial charge is 0.281 e. The average molecular weight is 449 g/mol. The Balaban J connectivity index is 1.68. The monoisotopic (exact) mass is 449 g/mol. The van der Waals surface area contributed by atoms with Crippen LogP contribution in [-0.4, -0.2) is 45.4 Å². The second-order valence-corrected chi connectivity index (χ2v) is 8.19. The zero-order valence-electron chi connectivity index (χ0n) is 16.3. The fourth-order valence-electron chi connectivity index (χ4n) is 4.10. The molecule has 2 heterocycles. The molecule has 3 aliphatic rings. The van der Waals surface area contributed by atoms with E-state index in [9.17, 15) is 26.3 Å². The van der Waals surface area contributed by atoms with Crippen LogP contribution < -0.4 is 16.4 Å². The first-order chi connectivity index (χ1) is 14.4. The summed E-state index contributed by atoms with van der Waals surface area (Å²) in [5, 5.41) is 5.47. The van der Waals surface area contributed by atoms with E-state index < -0.39 is 54.6 Å². The highest BCUT2D eigenvalue weighted by Crippen LogP contribution is 2.43. The molecule has 0 aromatic carbocycles. The molecule has 0 radical (unpaired) electrons. The lowest BCUT2D eigenvalue weighted by atomic mass is 9.98. The first-order valence-corrected chi connectivity index (χ1v) is 9.83. The van der Waals surface area contributed by atoms with Crippen molar-refractivity contribution in [1.29, 1.82) is 0 Å². The predicted molar refractivity (Wildman–Crippen MR) is 99.0 cm³/mol. The molecule has 0 spiro atoms. The number of nitrogens with two attached hydrogens (primary N) is 1. The number of alkyl halides is 6. The van der Waals surface area contributed by atoms with Crippen LogP contribution in [-0.2, 0) is 0 Å². The van der Waals surface area contributed by atoms with Crippen molar-refractivity contribution in [3.63, 3.8) is 0 Å². The summed E-state index contributed by atoms with van der Waals surface area (Å²) in [5.41, 5.74) is 5.63. The molecule has 31 heavy (non-hydrogen) atoms. The van der Waals surface area contributed by atoms with Crippen molar-refractivity contribution in [2.75, 3.05) is 0 Å². The Hall–Kier alpha value is -2.44. The lowest BCUT2D eigenvalue weighted by Gasteiger charge is -2.38. The minimum atomic E-state index is -2.92. The maximum atomic E-state index is 13.8. The molecule has 7 nitrogen and oxygen atoms in total. The number of guanidine groups is 1. The standard InChI is InChI=1S/C18H21F6N7/c19-13(20)11-7-26-8-12(28-11)14-29-15(27-10-2-4-17(23,24)6-10)31-18(25,30-14)9-1-3-16(21,22)5-9/h7-10,13H,1-6,25H2,(H2,27,29,30,31). The summed E-state index contributed by atoms with van der Waals surface area (Å²) in [6.07, 6.45) is -2.35. The van der Waals surface area contributed by atoms with Gasteiger partial charge in [0.05, 0.1) is 18.4 Å². The van der Waals surface area contributed by atoms with E-state index in [1.165, 1.54) is 0 Å². The molecule has 3 unspecified atom stereocenters. The number of aromatic nitrogens is 2. The molecule has 1 aliphatic heterocycles. The Morgan fingerprint density at radius 2 is 1.77 bits per heavy atom. The topological polar surface area (TPSA) is 101 Å². The molecule has 0 bridgehead atoms. The molecule has 4 rings (SSSR count). The molecule has 1 aromatic rings. The maximum absolute atomic E-state index is 13.8. The summed E-state index contributed by atoms with van der Waals surface area (Å²) in [5.74, 6) is -8.46. The lowest BCUT2D eigenvalue weighted by Crippen LogP contribution is -2.66. The minimum absolute atomic E-state index is 0.0466. The van der Waals surface area contributed by atoms with Gasteiger partial charge in [0.25, 0.3) is 6.43 Å². The van der Waals surface area contributed by atoms with Gasteiger partial charge in [-0.15, -0.1) is 0 Å². The minimum Gasteiger partial charge on any atom is -0.319 e. The number of halogens is 6. The molecule has 3 atom stereocenters. The molecule has 1 aromatic heterocycles. The van der Waals surface area contributed by atoms with Crippen molar-refractivity contribution in [2.24, 2.45) is 21.6 Å². The van der Waals surface area contributed by atoms with Crippen LogP contribution in [0.15, 0.2) is 22.4 Å². The van der Waals surface area contributed by atoms with E-state index in [4.69, 9.17) is 5.73 Å². The third kappa shape index (κ3) is 4.75. The van der Waals surface area contributed by atoms with E-state index in [2.05, 4.69) is 30.6 Å². The summed E-state index contributed by atoms with van der Waals surface area (Å²) < 4.78 is 80.9. The van der Waals surface area contributed by atoms with Gasteiger partial charge in [-0.1, -0.05) is 0 Å². The van der Waals surface area contributed by atoms with Gasteiger partial charge in [-0.05, 0) is 12.8 Å². The van der Waals surface area contributed by atoms with Gasteiger partial charge in [-0.3, -0.25) is 10.7 Å². The number of nitrogens with zero attached hydrogens (tertiary/aromatic N) is 4. The molecule has 13 heteroatoms. The lowest BCUT2D eigenvalue weighted by molar-refractivity contribution is 0.000228. The number of nitrogens with one attached hydrogen (secondary N) is 2. The number of hydrogen-bond donors (Lipinski definition) is 3. The first kappa shape index (κ1) is 21.8. The molecular formula is C18H21F6N7. The zero-order chi connectivity index (χ0) is 22.4. The number of aliphatic imine (C=N–C) groups is 2. The van der Waals surface area contributed by atoms with Crippen LogP contribution in [0.1, 0.15) is 56.3 Å².